The maximum atomic E-state index is 13.0. The summed E-state index contributed by atoms with van der Waals surface area (Å²) in [5, 5.41) is 6.26. The molecule has 2 aromatic rings. The lowest BCUT2D eigenvalue weighted by Crippen LogP contribution is -2.37. The molecule has 10 heteroatoms. The summed E-state index contributed by atoms with van der Waals surface area (Å²) in [5.74, 6) is 0.711. The lowest BCUT2D eigenvalue weighted by molar-refractivity contribution is -0.124. The van der Waals surface area contributed by atoms with Gasteiger partial charge in [-0.3, -0.25) is 14.2 Å². The standard InChI is InChI=1S/C20H25ClN6O3/c1-11-13(2-5-16(22)25-11)9-24-19(28)15-4-3-14-17(21)26-18(20(29)27(14)15)23-8-12-6-7-30-10-12/h2,5,12,15H,3-4,6-10H2,1H3,(H2,22,25)(H,23,26)(H,24,28)/t12?,15-/m0/s1. The van der Waals surface area contributed by atoms with Crippen molar-refractivity contribution in [3.05, 3.63) is 44.6 Å². The highest BCUT2D eigenvalue weighted by molar-refractivity contribution is 6.30. The Hall–Kier alpha value is -2.65. The van der Waals surface area contributed by atoms with E-state index in [1.165, 1.54) is 4.57 Å². The minimum Gasteiger partial charge on any atom is -0.384 e. The fourth-order valence-corrected chi connectivity index (χ4v) is 4.22. The summed E-state index contributed by atoms with van der Waals surface area (Å²) in [6, 6.07) is 2.91. The van der Waals surface area contributed by atoms with Gasteiger partial charge in [0.05, 0.1) is 12.3 Å². The van der Waals surface area contributed by atoms with Crippen molar-refractivity contribution in [3.8, 4) is 0 Å². The maximum absolute atomic E-state index is 13.0. The number of carbonyl (C=O) groups excluding carboxylic acids is 1. The predicted octanol–water partition coefficient (Wildman–Crippen LogP) is 1.43. The van der Waals surface area contributed by atoms with Crippen LogP contribution in [0.15, 0.2) is 16.9 Å². The first kappa shape index (κ1) is 20.6. The number of fused-ring (bicyclic) bond motifs is 1. The second-order valence-corrected chi connectivity index (χ2v) is 8.09. The van der Waals surface area contributed by atoms with Crippen LogP contribution >= 0.6 is 11.6 Å². The molecule has 160 valence electrons. The number of hydrogen-bond acceptors (Lipinski definition) is 7. The summed E-state index contributed by atoms with van der Waals surface area (Å²) in [7, 11) is 0. The van der Waals surface area contributed by atoms with Crippen LogP contribution in [0.25, 0.3) is 0 Å². The molecule has 4 heterocycles. The molecule has 1 fully saturated rings. The average molecular weight is 433 g/mol. The van der Waals surface area contributed by atoms with Gasteiger partial charge in [-0.1, -0.05) is 17.7 Å². The monoisotopic (exact) mass is 432 g/mol. The number of pyridine rings is 1. The van der Waals surface area contributed by atoms with E-state index in [2.05, 4.69) is 20.6 Å². The number of ether oxygens (including phenoxy) is 1. The van der Waals surface area contributed by atoms with Gasteiger partial charge in [0.1, 0.15) is 11.9 Å². The highest BCUT2D eigenvalue weighted by atomic mass is 35.5. The predicted molar refractivity (Wildman–Crippen MR) is 114 cm³/mol. The molecule has 2 aromatic heterocycles. The Bertz CT molecular complexity index is 1020. The highest BCUT2D eigenvalue weighted by Gasteiger charge is 2.32. The molecule has 2 atom stereocenters. The van der Waals surface area contributed by atoms with Crippen molar-refractivity contribution in [2.24, 2.45) is 5.92 Å². The van der Waals surface area contributed by atoms with Gasteiger partial charge < -0.3 is 21.1 Å². The molecule has 1 unspecified atom stereocenters. The van der Waals surface area contributed by atoms with E-state index in [0.717, 1.165) is 24.3 Å². The molecule has 0 bridgehead atoms. The van der Waals surface area contributed by atoms with E-state index in [4.69, 9.17) is 22.1 Å². The summed E-state index contributed by atoms with van der Waals surface area (Å²) in [5.41, 5.74) is 7.58. The second-order valence-electron chi connectivity index (χ2n) is 7.74. The Kier molecular flexibility index (Phi) is 5.92. The average Bonchev–Trinajstić information content (AvgIpc) is 3.39. The van der Waals surface area contributed by atoms with Crippen molar-refractivity contribution in [2.75, 3.05) is 30.8 Å². The quantitative estimate of drug-likeness (QED) is 0.630. The molecular formula is C20H25ClN6O3. The molecule has 0 saturated carbocycles. The molecule has 0 aliphatic carbocycles. The van der Waals surface area contributed by atoms with Crippen LogP contribution in [0.1, 0.15) is 35.8 Å². The van der Waals surface area contributed by atoms with Gasteiger partial charge in [0.2, 0.25) is 5.91 Å². The van der Waals surface area contributed by atoms with Crippen LogP contribution < -0.4 is 21.9 Å². The number of carbonyl (C=O) groups is 1. The number of nitrogens with two attached hydrogens (primary N) is 1. The van der Waals surface area contributed by atoms with Crippen molar-refractivity contribution in [2.45, 2.75) is 38.8 Å². The molecule has 1 saturated heterocycles. The van der Waals surface area contributed by atoms with Crippen molar-refractivity contribution >= 4 is 29.1 Å². The third kappa shape index (κ3) is 4.13. The third-order valence-corrected chi connectivity index (χ3v) is 5.98. The van der Waals surface area contributed by atoms with Crippen molar-refractivity contribution in [3.63, 3.8) is 0 Å². The zero-order valence-corrected chi connectivity index (χ0v) is 17.5. The van der Waals surface area contributed by atoms with Crippen molar-refractivity contribution in [1.29, 1.82) is 0 Å². The third-order valence-electron chi connectivity index (χ3n) is 5.68. The number of aromatic nitrogens is 3. The number of hydrogen-bond donors (Lipinski definition) is 3. The van der Waals surface area contributed by atoms with Gasteiger partial charge in [-0.25, -0.2) is 9.97 Å². The Balaban J connectivity index is 1.50. The Morgan fingerprint density at radius 1 is 1.37 bits per heavy atom. The van der Waals surface area contributed by atoms with Gasteiger partial charge in [0, 0.05) is 31.3 Å². The fraction of sp³-hybridized carbons (Fsp3) is 0.500. The van der Waals surface area contributed by atoms with Crippen LogP contribution in [0.3, 0.4) is 0 Å². The first-order valence-electron chi connectivity index (χ1n) is 10.1. The Morgan fingerprint density at radius 2 is 2.20 bits per heavy atom. The maximum Gasteiger partial charge on any atom is 0.294 e. The largest absolute Gasteiger partial charge is 0.384 e. The molecular weight excluding hydrogens is 408 g/mol. The minimum atomic E-state index is -0.620. The molecule has 1 amide bonds. The van der Waals surface area contributed by atoms with Gasteiger partial charge >= 0.3 is 0 Å². The number of nitrogens with zero attached hydrogens (tertiary/aromatic N) is 3. The Morgan fingerprint density at radius 3 is 2.93 bits per heavy atom. The second kappa shape index (κ2) is 8.61. The zero-order valence-electron chi connectivity index (χ0n) is 16.8. The van der Waals surface area contributed by atoms with Crippen LogP contribution in [0.4, 0.5) is 11.6 Å². The van der Waals surface area contributed by atoms with Crippen LogP contribution in [-0.4, -0.2) is 40.2 Å². The highest BCUT2D eigenvalue weighted by Crippen LogP contribution is 2.29. The molecule has 0 aromatic carbocycles. The summed E-state index contributed by atoms with van der Waals surface area (Å²) in [4.78, 5) is 34.4. The van der Waals surface area contributed by atoms with E-state index in [9.17, 15) is 9.59 Å². The first-order chi connectivity index (χ1) is 14.4. The van der Waals surface area contributed by atoms with E-state index in [1.54, 1.807) is 6.07 Å². The van der Waals surface area contributed by atoms with E-state index < -0.39 is 6.04 Å². The number of amides is 1. The van der Waals surface area contributed by atoms with Crippen LogP contribution in [-0.2, 0) is 22.5 Å². The van der Waals surface area contributed by atoms with E-state index in [-0.39, 0.29) is 22.4 Å². The number of aryl methyl sites for hydroxylation is 1. The van der Waals surface area contributed by atoms with Crippen molar-refractivity contribution < 1.29 is 9.53 Å². The summed E-state index contributed by atoms with van der Waals surface area (Å²) in [6.07, 6.45) is 1.97. The topological polar surface area (TPSA) is 124 Å². The van der Waals surface area contributed by atoms with E-state index >= 15 is 0 Å². The van der Waals surface area contributed by atoms with E-state index in [1.807, 2.05) is 13.0 Å². The molecule has 0 radical (unpaired) electrons. The molecule has 4 N–H and O–H groups in total. The van der Waals surface area contributed by atoms with Crippen molar-refractivity contribution in [1.82, 2.24) is 19.9 Å². The molecule has 2 aliphatic heterocycles. The lowest BCUT2D eigenvalue weighted by atomic mass is 10.1. The lowest BCUT2D eigenvalue weighted by Gasteiger charge is -2.17. The zero-order chi connectivity index (χ0) is 21.3. The first-order valence-corrected chi connectivity index (χ1v) is 10.4. The van der Waals surface area contributed by atoms with Crippen LogP contribution in [0, 0.1) is 12.8 Å². The van der Waals surface area contributed by atoms with Crippen LogP contribution in [0.5, 0.6) is 0 Å². The molecule has 9 nitrogen and oxygen atoms in total. The molecule has 30 heavy (non-hydrogen) atoms. The molecule has 2 aliphatic rings. The number of anilines is 2. The van der Waals surface area contributed by atoms with Gasteiger partial charge in [0.25, 0.3) is 5.56 Å². The van der Waals surface area contributed by atoms with Gasteiger partial charge in [-0.2, -0.15) is 0 Å². The Labute approximate surface area is 179 Å². The molecule has 0 spiro atoms. The normalized spacial score (nSPS) is 20.2. The molecule has 4 rings (SSSR count). The fourth-order valence-electron chi connectivity index (χ4n) is 3.95. The summed E-state index contributed by atoms with van der Waals surface area (Å²) in [6.45, 7) is 4.13. The SMILES string of the molecule is Cc1nc(N)ccc1CNC(=O)[C@@H]1CCc2c(Cl)nc(NCC3CCOC3)c(=O)n21. The van der Waals surface area contributed by atoms with Gasteiger partial charge in [-0.05, 0) is 37.8 Å². The van der Waals surface area contributed by atoms with E-state index in [0.29, 0.717) is 50.0 Å². The minimum absolute atomic E-state index is 0.175. The summed E-state index contributed by atoms with van der Waals surface area (Å²) < 4.78 is 6.84. The number of nitrogens with one attached hydrogen (secondary N) is 2. The number of rotatable bonds is 6. The number of nitrogen functional groups attached to an aromatic ring is 1. The summed E-state index contributed by atoms with van der Waals surface area (Å²) >= 11 is 6.33. The smallest absolute Gasteiger partial charge is 0.294 e. The van der Waals surface area contributed by atoms with Gasteiger partial charge in [-0.15, -0.1) is 0 Å². The number of halogens is 1. The van der Waals surface area contributed by atoms with Gasteiger partial charge in [0.15, 0.2) is 11.0 Å². The van der Waals surface area contributed by atoms with Crippen LogP contribution in [0.2, 0.25) is 5.15 Å².